The van der Waals surface area contributed by atoms with Gasteiger partial charge in [-0.25, -0.2) is 18.4 Å². The van der Waals surface area contributed by atoms with Crippen LogP contribution < -0.4 is 19.7 Å². The van der Waals surface area contributed by atoms with Crippen molar-refractivity contribution in [1.82, 2.24) is 29.6 Å². The molecular weight excluding hydrogens is 580 g/mol. The van der Waals surface area contributed by atoms with Gasteiger partial charge in [-0.05, 0) is 69.2 Å². The predicted molar refractivity (Wildman–Crippen MR) is 157 cm³/mol. The van der Waals surface area contributed by atoms with Crippen molar-refractivity contribution in [3.8, 4) is 17.3 Å². The van der Waals surface area contributed by atoms with Gasteiger partial charge in [0.1, 0.15) is 22.8 Å². The lowest BCUT2D eigenvalue weighted by molar-refractivity contribution is 0.0930. The molecule has 7 rings (SSSR count). The molecule has 43 heavy (non-hydrogen) atoms. The van der Waals surface area contributed by atoms with Gasteiger partial charge in [0.25, 0.3) is 5.91 Å². The molecule has 4 aromatic heterocycles. The molecule has 0 spiro atoms. The van der Waals surface area contributed by atoms with Crippen LogP contribution >= 0.6 is 0 Å². The number of halogens is 2. The van der Waals surface area contributed by atoms with Crippen molar-refractivity contribution >= 4 is 38.4 Å². The van der Waals surface area contributed by atoms with Gasteiger partial charge in [0.15, 0.2) is 5.88 Å². The van der Waals surface area contributed by atoms with Crippen molar-refractivity contribution in [3.63, 3.8) is 0 Å². The fraction of sp³-hybridized carbons (Fsp3) is 0.483. The molecule has 0 aromatic carbocycles. The molecule has 0 unspecified atom stereocenters. The number of methoxy groups -OCH3 is 1. The Bertz CT molecular complexity index is 1870. The molecule has 2 N–H and O–H groups in total. The third-order valence-electron chi connectivity index (χ3n) is 8.88. The van der Waals surface area contributed by atoms with Crippen molar-refractivity contribution < 1.29 is 26.7 Å². The second-order valence-electron chi connectivity index (χ2n) is 11.9. The number of carbonyl (C=O) groups is 1. The monoisotopic (exact) mass is 613 g/mol. The van der Waals surface area contributed by atoms with E-state index in [1.54, 1.807) is 25.3 Å². The van der Waals surface area contributed by atoms with E-state index >= 15 is 0 Å². The number of amides is 1. The third kappa shape index (κ3) is 4.89. The zero-order valence-electron chi connectivity index (χ0n) is 24.0. The van der Waals surface area contributed by atoms with Crippen LogP contribution in [0, 0.1) is 12.8 Å². The van der Waals surface area contributed by atoms with E-state index < -0.39 is 16.6 Å². The third-order valence-corrected chi connectivity index (χ3v) is 9.94. The number of rotatable bonds is 9. The summed E-state index contributed by atoms with van der Waals surface area (Å²) in [5.41, 5.74) is 3.49. The number of nitrogens with one attached hydrogen (secondary N) is 2. The SMILES string of the molecule is COc1cc(C(=O)N[C@@H]2C[C@@H]3CC[C@H]2N3)cc2nc(-c3cc4ccc(N(C(F)F)S(C)(=O)=O)nc4n3CC3CC3)c(C)n12. The molecule has 0 radical (unpaired) electrons. The molecule has 3 atom stereocenters. The number of sulfonamides is 1. The van der Waals surface area contributed by atoms with Crippen LogP contribution in [-0.4, -0.2) is 71.3 Å². The summed E-state index contributed by atoms with van der Waals surface area (Å²) in [7, 11) is -2.72. The highest BCUT2D eigenvalue weighted by Gasteiger charge is 2.40. The fourth-order valence-corrected chi connectivity index (χ4v) is 7.36. The first kappa shape index (κ1) is 28.0. The first-order chi connectivity index (χ1) is 20.5. The molecule has 2 aliphatic heterocycles. The van der Waals surface area contributed by atoms with E-state index in [4.69, 9.17) is 9.72 Å². The molecular formula is C29H33F2N7O4S. The number of aromatic nitrogens is 4. The van der Waals surface area contributed by atoms with E-state index in [1.165, 1.54) is 6.07 Å². The zero-order valence-corrected chi connectivity index (χ0v) is 24.9. The van der Waals surface area contributed by atoms with Gasteiger partial charge in [-0.15, -0.1) is 0 Å². The number of hydrogen-bond acceptors (Lipinski definition) is 7. The van der Waals surface area contributed by atoms with E-state index in [1.807, 2.05) is 22.0 Å². The van der Waals surface area contributed by atoms with Crippen LogP contribution in [0.5, 0.6) is 5.88 Å². The molecule has 3 fully saturated rings. The van der Waals surface area contributed by atoms with Gasteiger partial charge < -0.3 is 19.9 Å². The Labute approximate surface area is 247 Å². The average Bonchev–Trinajstić information content (AvgIpc) is 3.23. The summed E-state index contributed by atoms with van der Waals surface area (Å²) in [5, 5.41) is 7.39. The lowest BCUT2D eigenvalue weighted by Gasteiger charge is -2.21. The Balaban J connectivity index is 1.31. The Morgan fingerprint density at radius 3 is 2.60 bits per heavy atom. The maximum absolute atomic E-state index is 13.8. The molecule has 11 nitrogen and oxygen atoms in total. The lowest BCUT2D eigenvalue weighted by atomic mass is 9.95. The van der Waals surface area contributed by atoms with Crippen LogP contribution in [0.15, 0.2) is 30.3 Å². The minimum absolute atomic E-state index is 0.0287. The topological polar surface area (TPSA) is 123 Å². The first-order valence-electron chi connectivity index (χ1n) is 14.4. The van der Waals surface area contributed by atoms with Gasteiger partial charge in [0.2, 0.25) is 10.0 Å². The quantitative estimate of drug-likeness (QED) is 0.276. The van der Waals surface area contributed by atoms with Crippen LogP contribution in [0.25, 0.3) is 28.1 Å². The van der Waals surface area contributed by atoms with Gasteiger partial charge in [-0.1, -0.05) is 0 Å². The summed E-state index contributed by atoms with van der Waals surface area (Å²) in [6, 6.07) is 9.07. The molecule has 1 amide bonds. The number of anilines is 1. The van der Waals surface area contributed by atoms with Crippen molar-refractivity contribution in [3.05, 3.63) is 41.6 Å². The number of ether oxygens (including phenoxy) is 1. The van der Waals surface area contributed by atoms with E-state index in [-0.39, 0.29) is 22.1 Å². The number of fused-ring (bicyclic) bond motifs is 4. The number of aryl methyl sites for hydroxylation is 1. The molecule has 4 aromatic rings. The zero-order chi connectivity index (χ0) is 30.2. The highest BCUT2D eigenvalue weighted by atomic mass is 32.2. The Morgan fingerprint density at radius 1 is 1.19 bits per heavy atom. The highest BCUT2D eigenvalue weighted by Crippen LogP contribution is 2.38. The highest BCUT2D eigenvalue weighted by molar-refractivity contribution is 7.92. The summed E-state index contributed by atoms with van der Waals surface area (Å²) in [4.78, 5) is 22.7. The van der Waals surface area contributed by atoms with Crippen LogP contribution in [-0.2, 0) is 16.6 Å². The number of nitrogens with zero attached hydrogens (tertiary/aromatic N) is 5. The summed E-state index contributed by atoms with van der Waals surface area (Å²) in [6.45, 7) is -0.789. The van der Waals surface area contributed by atoms with Crippen LogP contribution in [0.4, 0.5) is 14.6 Å². The summed E-state index contributed by atoms with van der Waals surface area (Å²) >= 11 is 0. The number of pyridine rings is 2. The van der Waals surface area contributed by atoms with Crippen molar-refractivity contribution in [2.45, 2.75) is 70.2 Å². The molecule has 1 aliphatic carbocycles. The molecule has 2 saturated heterocycles. The summed E-state index contributed by atoms with van der Waals surface area (Å²) in [5.74, 6) is 0.317. The summed E-state index contributed by atoms with van der Waals surface area (Å²) < 4.78 is 61.4. The lowest BCUT2D eigenvalue weighted by Crippen LogP contribution is -2.42. The van der Waals surface area contributed by atoms with Gasteiger partial charge in [-0.2, -0.15) is 13.1 Å². The van der Waals surface area contributed by atoms with Crippen LogP contribution in [0.3, 0.4) is 0 Å². The van der Waals surface area contributed by atoms with Gasteiger partial charge in [0, 0.05) is 41.7 Å². The number of hydrogen-bond donors (Lipinski definition) is 2. The van der Waals surface area contributed by atoms with Crippen LogP contribution in [0.1, 0.15) is 48.2 Å². The van der Waals surface area contributed by atoms with Gasteiger partial charge in [-0.3, -0.25) is 9.20 Å². The Hall–Kier alpha value is -3.78. The fourth-order valence-electron chi connectivity index (χ4n) is 6.63. The van der Waals surface area contributed by atoms with Crippen molar-refractivity contribution in [2.24, 2.45) is 5.92 Å². The summed E-state index contributed by atoms with van der Waals surface area (Å²) in [6.07, 6.45) is 5.91. The second kappa shape index (κ2) is 10.2. The molecule has 6 heterocycles. The molecule has 3 aliphatic rings. The Morgan fingerprint density at radius 2 is 1.98 bits per heavy atom. The van der Waals surface area contributed by atoms with Crippen molar-refractivity contribution in [1.29, 1.82) is 0 Å². The van der Waals surface area contributed by atoms with Gasteiger partial charge in [0.05, 0.1) is 24.8 Å². The molecule has 2 bridgehead atoms. The van der Waals surface area contributed by atoms with Crippen LogP contribution in [0.2, 0.25) is 0 Å². The van der Waals surface area contributed by atoms with Gasteiger partial charge >= 0.3 is 6.55 Å². The minimum atomic E-state index is -4.26. The van der Waals surface area contributed by atoms with Crippen molar-refractivity contribution in [2.75, 3.05) is 17.7 Å². The van der Waals surface area contributed by atoms with E-state index in [9.17, 15) is 22.0 Å². The number of imidazole rings is 1. The standard InChI is InChI=1S/C29H33F2N7O4S/c1-15-26(34-24-11-18(12-25(42-2)37(15)24)28(39)33-21-13-19-7-8-20(21)32-19)22-10-17-6-9-23(38(29(30)31)43(3,40)41)35-27(17)36(22)14-16-4-5-16/h6,9-12,16,19-21,29,32H,4-5,7-8,13-14H2,1-3H3,(H,33,39)/t19-,20+,21+/m0/s1. The number of alkyl halides is 2. The smallest absolute Gasteiger partial charge is 0.329 e. The Kier molecular flexibility index (Phi) is 6.61. The molecule has 1 saturated carbocycles. The molecule has 228 valence electrons. The van der Waals surface area contributed by atoms with E-state index in [0.29, 0.717) is 58.4 Å². The first-order valence-corrected chi connectivity index (χ1v) is 16.3. The average molecular weight is 614 g/mol. The maximum Gasteiger partial charge on any atom is 0.329 e. The normalized spacial score (nSPS) is 21.8. The van der Waals surface area contributed by atoms with E-state index in [2.05, 4.69) is 15.6 Å². The predicted octanol–water partition coefficient (Wildman–Crippen LogP) is 3.69. The number of carbonyl (C=O) groups excluding carboxylic acids is 1. The maximum atomic E-state index is 13.8. The molecule has 14 heteroatoms. The van der Waals surface area contributed by atoms with E-state index in [0.717, 1.165) is 49.7 Å². The minimum Gasteiger partial charge on any atom is -0.482 e. The largest absolute Gasteiger partial charge is 0.482 e. The second-order valence-corrected chi connectivity index (χ2v) is 13.8.